The number of carbonyl (C=O) groups is 1. The monoisotopic (exact) mass is 439 g/mol. The minimum Gasteiger partial charge on any atom is -0.309 e. The average molecular weight is 440 g/mol. The maximum Gasteiger partial charge on any atom is 0.260 e. The molecule has 0 spiro atoms. The van der Waals surface area contributed by atoms with Gasteiger partial charge in [-0.15, -0.1) is 24.2 Å². The van der Waals surface area contributed by atoms with Gasteiger partial charge in [0.15, 0.2) is 5.13 Å². The van der Waals surface area contributed by atoms with E-state index < -0.39 is 0 Å². The van der Waals surface area contributed by atoms with Crippen LogP contribution in [0.5, 0.6) is 0 Å². The number of halogens is 2. The molecule has 0 unspecified atom stereocenters. The second-order valence-corrected chi connectivity index (χ2v) is 8.31. The van der Waals surface area contributed by atoms with Crippen LogP contribution in [0.3, 0.4) is 0 Å². The van der Waals surface area contributed by atoms with E-state index in [1.54, 1.807) is 22.7 Å². The van der Waals surface area contributed by atoms with Crippen LogP contribution in [-0.2, 0) is 0 Å². The highest BCUT2D eigenvalue weighted by molar-refractivity contribution is 7.98. The van der Waals surface area contributed by atoms with Crippen molar-refractivity contribution in [2.45, 2.75) is 11.3 Å². The molecule has 8 heteroatoms. The van der Waals surface area contributed by atoms with Crippen molar-refractivity contribution in [1.29, 1.82) is 0 Å². The second-order valence-electron chi connectivity index (χ2n) is 6.43. The molecule has 150 valence electrons. The number of hydrogen-bond acceptors (Lipinski definition) is 5. The van der Waals surface area contributed by atoms with E-state index in [0.717, 1.165) is 22.6 Å². The van der Waals surface area contributed by atoms with Gasteiger partial charge in [0.05, 0.1) is 4.70 Å². The quantitative estimate of drug-likeness (QED) is 0.475. The van der Waals surface area contributed by atoms with E-state index in [4.69, 9.17) is 0 Å². The molecule has 1 amide bonds. The standard InChI is InChI=1S/C20H22FN3OS2.ClH/c1-23(2)12-5-13-24(19(25)14-8-10-15(26-3)11-9-14)20-22-18-16(21)6-4-7-17(18)27-20;/h4,6-11H,5,12-13H2,1-3H3;1H. The molecule has 0 bridgehead atoms. The lowest BCUT2D eigenvalue weighted by atomic mass is 10.2. The van der Waals surface area contributed by atoms with Crippen molar-refractivity contribution in [2.24, 2.45) is 0 Å². The SMILES string of the molecule is CSc1ccc(C(=O)N(CCCN(C)C)c2nc3c(F)cccc3s2)cc1.Cl. The van der Waals surface area contributed by atoms with Crippen LogP contribution < -0.4 is 4.90 Å². The molecule has 3 aromatic rings. The predicted molar refractivity (Wildman–Crippen MR) is 120 cm³/mol. The van der Waals surface area contributed by atoms with Crippen molar-refractivity contribution in [2.75, 3.05) is 38.3 Å². The molecule has 0 aliphatic carbocycles. The Balaban J connectivity index is 0.00000280. The van der Waals surface area contributed by atoms with Crippen molar-refractivity contribution in [3.8, 4) is 0 Å². The first-order valence-corrected chi connectivity index (χ1v) is 10.7. The first-order valence-electron chi connectivity index (χ1n) is 8.65. The highest BCUT2D eigenvalue weighted by Gasteiger charge is 2.22. The summed E-state index contributed by atoms with van der Waals surface area (Å²) in [7, 11) is 4.00. The number of rotatable bonds is 7. The Morgan fingerprint density at radius 3 is 2.46 bits per heavy atom. The smallest absolute Gasteiger partial charge is 0.260 e. The van der Waals surface area contributed by atoms with E-state index >= 15 is 0 Å². The van der Waals surface area contributed by atoms with Gasteiger partial charge in [0, 0.05) is 17.0 Å². The molecule has 4 nitrogen and oxygen atoms in total. The zero-order valence-electron chi connectivity index (χ0n) is 16.0. The fourth-order valence-electron chi connectivity index (χ4n) is 2.74. The summed E-state index contributed by atoms with van der Waals surface area (Å²) >= 11 is 2.98. The molecule has 0 aliphatic heterocycles. The molecule has 0 radical (unpaired) electrons. The molecular weight excluding hydrogens is 417 g/mol. The van der Waals surface area contributed by atoms with E-state index in [9.17, 15) is 9.18 Å². The molecule has 0 aliphatic rings. The number of fused-ring (bicyclic) bond motifs is 1. The zero-order valence-corrected chi connectivity index (χ0v) is 18.5. The molecule has 1 heterocycles. The van der Waals surface area contributed by atoms with Gasteiger partial charge in [0.1, 0.15) is 11.3 Å². The number of nitrogens with zero attached hydrogens (tertiary/aromatic N) is 3. The first kappa shape index (κ1) is 22.6. The van der Waals surface area contributed by atoms with Gasteiger partial charge in [-0.1, -0.05) is 17.4 Å². The van der Waals surface area contributed by atoms with Gasteiger partial charge in [-0.25, -0.2) is 9.37 Å². The van der Waals surface area contributed by atoms with Gasteiger partial charge in [0.25, 0.3) is 5.91 Å². The number of para-hydroxylation sites is 1. The number of thioether (sulfide) groups is 1. The van der Waals surface area contributed by atoms with E-state index in [1.165, 1.54) is 17.4 Å². The molecule has 2 aromatic carbocycles. The third-order valence-corrected chi connectivity index (χ3v) is 5.95. The van der Waals surface area contributed by atoms with Gasteiger partial charge in [-0.05, 0) is 69.7 Å². The lowest BCUT2D eigenvalue weighted by molar-refractivity contribution is 0.0986. The Morgan fingerprint density at radius 1 is 1.14 bits per heavy atom. The van der Waals surface area contributed by atoms with Crippen LogP contribution in [-0.4, -0.2) is 49.2 Å². The highest BCUT2D eigenvalue weighted by Crippen LogP contribution is 2.31. The van der Waals surface area contributed by atoms with Crippen molar-refractivity contribution >= 4 is 56.8 Å². The Kier molecular flexibility index (Phi) is 8.24. The minimum atomic E-state index is -0.361. The van der Waals surface area contributed by atoms with E-state index in [1.807, 2.05) is 50.7 Å². The molecule has 0 fully saturated rings. The van der Waals surface area contributed by atoms with Crippen LogP contribution >= 0.6 is 35.5 Å². The molecular formula is C20H23ClFN3OS2. The van der Waals surface area contributed by atoms with Gasteiger partial charge in [0.2, 0.25) is 0 Å². The van der Waals surface area contributed by atoms with Gasteiger partial charge in [-0.3, -0.25) is 9.69 Å². The summed E-state index contributed by atoms with van der Waals surface area (Å²) in [6.45, 7) is 1.39. The number of carbonyl (C=O) groups excluding carboxylic acids is 1. The summed E-state index contributed by atoms with van der Waals surface area (Å²) in [5.74, 6) is -0.471. The lowest BCUT2D eigenvalue weighted by Crippen LogP contribution is -2.33. The summed E-state index contributed by atoms with van der Waals surface area (Å²) < 4.78 is 14.8. The van der Waals surface area contributed by atoms with Crippen molar-refractivity contribution < 1.29 is 9.18 Å². The van der Waals surface area contributed by atoms with Crippen LogP contribution in [0.15, 0.2) is 47.4 Å². The zero-order chi connectivity index (χ0) is 19.4. The number of thiazole rings is 1. The average Bonchev–Trinajstić information content (AvgIpc) is 3.10. The molecule has 3 rings (SSSR count). The fourth-order valence-corrected chi connectivity index (χ4v) is 4.15. The van der Waals surface area contributed by atoms with E-state index in [0.29, 0.717) is 22.8 Å². The molecule has 0 saturated carbocycles. The predicted octanol–water partition coefficient (Wildman–Crippen LogP) is 5.18. The summed E-state index contributed by atoms with van der Waals surface area (Å²) in [5.41, 5.74) is 0.929. The second kappa shape index (κ2) is 10.2. The highest BCUT2D eigenvalue weighted by atomic mass is 35.5. The Labute approximate surface area is 179 Å². The number of aromatic nitrogens is 1. The summed E-state index contributed by atoms with van der Waals surface area (Å²) in [6.07, 6.45) is 2.81. The maximum atomic E-state index is 14.1. The van der Waals surface area contributed by atoms with Gasteiger partial charge in [-0.2, -0.15) is 0 Å². The molecule has 1 aromatic heterocycles. The van der Waals surface area contributed by atoms with E-state index in [-0.39, 0.29) is 24.1 Å². The van der Waals surface area contributed by atoms with Crippen LogP contribution in [0.1, 0.15) is 16.8 Å². The summed E-state index contributed by atoms with van der Waals surface area (Å²) in [6, 6.07) is 12.4. The van der Waals surface area contributed by atoms with Crippen LogP contribution in [0.25, 0.3) is 10.2 Å². The number of hydrogen-bond donors (Lipinski definition) is 0. The normalized spacial score (nSPS) is 10.9. The number of benzene rings is 2. The number of anilines is 1. The third-order valence-electron chi connectivity index (χ3n) is 4.16. The van der Waals surface area contributed by atoms with Gasteiger partial charge < -0.3 is 4.90 Å². The lowest BCUT2D eigenvalue weighted by Gasteiger charge is -2.21. The van der Waals surface area contributed by atoms with E-state index in [2.05, 4.69) is 9.88 Å². The molecule has 0 N–H and O–H groups in total. The van der Waals surface area contributed by atoms with Crippen LogP contribution in [0.2, 0.25) is 0 Å². The molecule has 0 atom stereocenters. The summed E-state index contributed by atoms with van der Waals surface area (Å²) in [4.78, 5) is 22.4. The first-order chi connectivity index (χ1) is 13.0. The van der Waals surface area contributed by atoms with Gasteiger partial charge >= 0.3 is 0 Å². The minimum absolute atomic E-state index is 0. The van der Waals surface area contributed by atoms with Crippen molar-refractivity contribution in [1.82, 2.24) is 9.88 Å². The fraction of sp³-hybridized carbons (Fsp3) is 0.300. The Hall–Kier alpha value is -1.67. The maximum absolute atomic E-state index is 14.1. The Morgan fingerprint density at radius 2 is 1.86 bits per heavy atom. The molecule has 0 saturated heterocycles. The number of amides is 1. The topological polar surface area (TPSA) is 36.4 Å². The molecule has 28 heavy (non-hydrogen) atoms. The van der Waals surface area contributed by atoms with Crippen molar-refractivity contribution in [3.05, 3.63) is 53.8 Å². The Bertz CT molecular complexity index is 931. The van der Waals surface area contributed by atoms with Crippen LogP contribution in [0, 0.1) is 5.82 Å². The van der Waals surface area contributed by atoms with Crippen LogP contribution in [0.4, 0.5) is 9.52 Å². The largest absolute Gasteiger partial charge is 0.309 e. The van der Waals surface area contributed by atoms with Crippen molar-refractivity contribution in [3.63, 3.8) is 0 Å². The third kappa shape index (κ3) is 5.23. The summed E-state index contributed by atoms with van der Waals surface area (Å²) in [5, 5.41) is 0.535.